The highest BCUT2D eigenvalue weighted by molar-refractivity contribution is 7.90. The lowest BCUT2D eigenvalue weighted by atomic mass is 9.95. The van der Waals surface area contributed by atoms with Crippen molar-refractivity contribution >= 4 is 43.4 Å². The number of nitrogens with one attached hydrogen (secondary N) is 3. The van der Waals surface area contributed by atoms with Gasteiger partial charge in [-0.25, -0.2) is 22.2 Å². The van der Waals surface area contributed by atoms with Crippen LogP contribution in [0.1, 0.15) is 26.3 Å². The van der Waals surface area contributed by atoms with E-state index in [-0.39, 0.29) is 40.5 Å². The third-order valence-corrected chi connectivity index (χ3v) is 8.22. The number of aromatic nitrogens is 6. The molecule has 45 heavy (non-hydrogen) atoms. The Labute approximate surface area is 257 Å². The molecule has 13 heteroatoms. The average molecular weight is 630 g/mol. The van der Waals surface area contributed by atoms with Crippen molar-refractivity contribution in [2.75, 3.05) is 17.3 Å². The maximum absolute atomic E-state index is 16.2. The van der Waals surface area contributed by atoms with Crippen LogP contribution in [0.5, 0.6) is 0 Å². The van der Waals surface area contributed by atoms with Crippen LogP contribution in [0, 0.1) is 17.0 Å². The number of carbonyl (C=O) groups excluding carboxylic acids is 1. The van der Waals surface area contributed by atoms with E-state index in [1.54, 1.807) is 57.3 Å². The molecule has 1 amide bonds. The van der Waals surface area contributed by atoms with E-state index in [4.69, 9.17) is 4.98 Å². The number of rotatable bonds is 7. The van der Waals surface area contributed by atoms with Gasteiger partial charge in [-0.3, -0.25) is 19.9 Å². The van der Waals surface area contributed by atoms with Crippen LogP contribution in [0.15, 0.2) is 61.1 Å². The Bertz CT molecular complexity index is 2220. The number of amides is 1. The van der Waals surface area contributed by atoms with Crippen molar-refractivity contribution in [3.05, 3.63) is 78.3 Å². The van der Waals surface area contributed by atoms with E-state index >= 15 is 4.39 Å². The van der Waals surface area contributed by atoms with E-state index in [1.165, 1.54) is 24.5 Å². The monoisotopic (exact) mass is 629 g/mol. The van der Waals surface area contributed by atoms with Gasteiger partial charge in [-0.1, -0.05) is 20.8 Å². The van der Waals surface area contributed by atoms with Crippen molar-refractivity contribution in [1.82, 2.24) is 30.1 Å². The zero-order chi connectivity index (χ0) is 32.1. The first kappa shape index (κ1) is 30.0. The van der Waals surface area contributed by atoms with Gasteiger partial charge in [-0.2, -0.15) is 5.10 Å². The SMILES string of the molecule is CC(C)(C)C(=O)Nc1cncc(-c2ccc3[nH]nc(-c4nc5c(-c6cc(F)cc(CCS(C)(=O)=O)c6)nccc5[nH]4)c3c2F)c1. The van der Waals surface area contributed by atoms with Crippen LogP contribution in [0.25, 0.3) is 55.8 Å². The van der Waals surface area contributed by atoms with E-state index in [1.807, 2.05) is 0 Å². The predicted molar refractivity (Wildman–Crippen MR) is 169 cm³/mol. The normalized spacial score (nSPS) is 12.2. The molecule has 0 radical (unpaired) electrons. The Hall–Kier alpha value is -5.04. The minimum absolute atomic E-state index is 0.119. The van der Waals surface area contributed by atoms with Crippen LogP contribution in [0.4, 0.5) is 14.5 Å². The summed E-state index contributed by atoms with van der Waals surface area (Å²) in [5, 5.41) is 10.2. The topological polar surface area (TPSA) is 146 Å². The summed E-state index contributed by atoms with van der Waals surface area (Å²) in [6.45, 7) is 5.38. The Morgan fingerprint density at radius 3 is 2.53 bits per heavy atom. The molecule has 10 nitrogen and oxygen atoms in total. The lowest BCUT2D eigenvalue weighted by Crippen LogP contribution is -2.27. The number of carbonyl (C=O) groups is 1. The van der Waals surface area contributed by atoms with Gasteiger partial charge in [0, 0.05) is 40.8 Å². The fourth-order valence-corrected chi connectivity index (χ4v) is 5.54. The highest BCUT2D eigenvalue weighted by Crippen LogP contribution is 2.36. The Balaban J connectivity index is 1.40. The molecule has 3 N–H and O–H groups in total. The van der Waals surface area contributed by atoms with Crippen LogP contribution < -0.4 is 5.32 Å². The molecule has 0 unspecified atom stereocenters. The Morgan fingerprint density at radius 2 is 1.78 bits per heavy atom. The lowest BCUT2D eigenvalue weighted by Gasteiger charge is -2.17. The van der Waals surface area contributed by atoms with Crippen molar-refractivity contribution in [2.45, 2.75) is 27.2 Å². The second-order valence-corrected chi connectivity index (χ2v) is 14.2. The van der Waals surface area contributed by atoms with Crippen molar-refractivity contribution in [3.8, 4) is 33.9 Å². The van der Waals surface area contributed by atoms with Crippen LogP contribution in [-0.2, 0) is 21.1 Å². The number of benzene rings is 2. The molecule has 0 aliphatic heterocycles. The zero-order valence-corrected chi connectivity index (χ0v) is 25.7. The van der Waals surface area contributed by atoms with E-state index < -0.39 is 26.9 Å². The Morgan fingerprint density at radius 1 is 0.978 bits per heavy atom. The highest BCUT2D eigenvalue weighted by atomic mass is 32.2. The maximum atomic E-state index is 16.2. The summed E-state index contributed by atoms with van der Waals surface area (Å²) in [6, 6.07) is 10.9. The molecule has 0 atom stereocenters. The van der Waals surface area contributed by atoms with Crippen LogP contribution in [0.3, 0.4) is 0 Å². The molecule has 0 fully saturated rings. The molecule has 0 saturated carbocycles. The summed E-state index contributed by atoms with van der Waals surface area (Å²) < 4.78 is 54.2. The number of hydrogen-bond acceptors (Lipinski definition) is 7. The van der Waals surface area contributed by atoms with Gasteiger partial charge in [0.15, 0.2) is 5.82 Å². The van der Waals surface area contributed by atoms with Gasteiger partial charge < -0.3 is 10.3 Å². The molecule has 2 aromatic carbocycles. The molecule has 4 heterocycles. The number of halogens is 2. The number of anilines is 1. The quantitative estimate of drug-likeness (QED) is 0.194. The highest BCUT2D eigenvalue weighted by Gasteiger charge is 2.23. The second kappa shape index (κ2) is 11.1. The summed E-state index contributed by atoms with van der Waals surface area (Å²) in [7, 11) is -3.24. The molecular formula is C32H29F2N7O3S. The summed E-state index contributed by atoms with van der Waals surface area (Å²) >= 11 is 0. The fourth-order valence-electron chi connectivity index (χ4n) is 4.93. The lowest BCUT2D eigenvalue weighted by molar-refractivity contribution is -0.123. The molecule has 4 aromatic heterocycles. The van der Waals surface area contributed by atoms with Crippen molar-refractivity contribution in [2.24, 2.45) is 5.41 Å². The van der Waals surface area contributed by atoms with E-state index in [9.17, 15) is 17.6 Å². The summed E-state index contributed by atoms with van der Waals surface area (Å²) in [5.74, 6) is -1.14. The van der Waals surface area contributed by atoms with Gasteiger partial charge in [-0.15, -0.1) is 0 Å². The standard InChI is InChI=1S/C32H29F2N7O3S/c1-32(2,3)31(42)37-21-14-19(15-35-16-21)22-5-6-23-25(26(22)34)29(41-40-23)30-38-24-7-9-36-27(28(24)39-30)18-11-17(12-20(33)13-18)8-10-45(4,43)44/h5-7,9,11-16H,8,10H2,1-4H3,(H,37,42)(H,38,39)(H,40,41). The van der Waals surface area contributed by atoms with Gasteiger partial charge in [0.25, 0.3) is 0 Å². The molecule has 0 aliphatic rings. The number of H-pyrrole nitrogens is 2. The number of imidazole rings is 1. The van der Waals surface area contributed by atoms with Crippen LogP contribution in [-0.4, -0.2) is 56.5 Å². The van der Waals surface area contributed by atoms with Crippen molar-refractivity contribution in [1.29, 1.82) is 0 Å². The minimum atomic E-state index is -3.24. The van der Waals surface area contributed by atoms with Gasteiger partial charge in [0.2, 0.25) is 5.91 Å². The van der Waals surface area contributed by atoms with Gasteiger partial charge in [-0.05, 0) is 54.4 Å². The number of aryl methyl sites for hydroxylation is 1. The summed E-state index contributed by atoms with van der Waals surface area (Å²) in [4.78, 5) is 29.0. The molecule has 6 rings (SSSR count). The summed E-state index contributed by atoms with van der Waals surface area (Å²) in [6.07, 6.45) is 5.83. The van der Waals surface area contributed by atoms with Gasteiger partial charge in [0.1, 0.15) is 32.7 Å². The third-order valence-electron chi connectivity index (χ3n) is 7.27. The van der Waals surface area contributed by atoms with E-state index in [0.717, 1.165) is 6.26 Å². The van der Waals surface area contributed by atoms with Crippen LogP contribution >= 0.6 is 0 Å². The van der Waals surface area contributed by atoms with Crippen molar-refractivity contribution in [3.63, 3.8) is 0 Å². The first-order valence-corrected chi connectivity index (χ1v) is 16.1. The zero-order valence-electron chi connectivity index (χ0n) is 24.9. The molecule has 0 aliphatic carbocycles. The molecule has 0 saturated heterocycles. The number of nitrogens with zero attached hydrogens (tertiary/aromatic N) is 4. The Kier molecular flexibility index (Phi) is 7.43. The average Bonchev–Trinajstić information content (AvgIpc) is 3.60. The van der Waals surface area contributed by atoms with Crippen LogP contribution in [0.2, 0.25) is 0 Å². The predicted octanol–water partition coefficient (Wildman–Crippen LogP) is 6.08. The second-order valence-electron chi connectivity index (χ2n) is 12.0. The number of sulfone groups is 1. The molecular weight excluding hydrogens is 600 g/mol. The number of aromatic amines is 2. The van der Waals surface area contributed by atoms with E-state index in [2.05, 4.69) is 30.5 Å². The minimum Gasteiger partial charge on any atom is -0.336 e. The fraction of sp³-hybridized carbons (Fsp3) is 0.219. The first-order valence-electron chi connectivity index (χ1n) is 14.0. The number of fused-ring (bicyclic) bond motifs is 2. The van der Waals surface area contributed by atoms with Crippen molar-refractivity contribution < 1.29 is 22.0 Å². The van der Waals surface area contributed by atoms with Gasteiger partial charge in [0.05, 0.1) is 39.8 Å². The molecule has 0 spiro atoms. The molecule has 0 bridgehead atoms. The first-order chi connectivity index (χ1) is 21.3. The van der Waals surface area contributed by atoms with E-state index in [0.29, 0.717) is 44.6 Å². The molecule has 6 aromatic rings. The summed E-state index contributed by atoms with van der Waals surface area (Å²) in [5.41, 5.74) is 3.48. The maximum Gasteiger partial charge on any atom is 0.229 e. The number of hydrogen-bond donors (Lipinski definition) is 3. The van der Waals surface area contributed by atoms with Gasteiger partial charge >= 0.3 is 0 Å². The third kappa shape index (κ3) is 6.16. The smallest absolute Gasteiger partial charge is 0.229 e. The number of pyridine rings is 2. The largest absolute Gasteiger partial charge is 0.336 e. The molecule has 230 valence electrons.